The van der Waals surface area contributed by atoms with Crippen molar-refractivity contribution in [2.45, 2.75) is 0 Å². The fourth-order valence-electron chi connectivity index (χ4n) is 2.87. The van der Waals surface area contributed by atoms with Gasteiger partial charge in [0.2, 0.25) is 5.95 Å². The first-order valence-electron chi connectivity index (χ1n) is 7.15. The molecule has 9 nitrogen and oxygen atoms in total. The highest BCUT2D eigenvalue weighted by Gasteiger charge is 2.23. The Morgan fingerprint density at radius 1 is 1.25 bits per heavy atom. The van der Waals surface area contributed by atoms with E-state index >= 15 is 0 Å². The van der Waals surface area contributed by atoms with E-state index in [-0.39, 0.29) is 16.9 Å². The normalized spacial score (nSPS) is 11.4. The molecule has 0 aliphatic heterocycles. The Morgan fingerprint density at radius 3 is 2.79 bits per heavy atom. The van der Waals surface area contributed by atoms with Crippen molar-refractivity contribution in [2.75, 3.05) is 11.5 Å². The summed E-state index contributed by atoms with van der Waals surface area (Å²) in [6.07, 6.45) is 3.20. The third kappa shape index (κ3) is 1.75. The number of aromatic amines is 2. The molecule has 120 valence electrons. The highest BCUT2D eigenvalue weighted by molar-refractivity contribution is 6.03. The van der Waals surface area contributed by atoms with Gasteiger partial charge >= 0.3 is 5.95 Å². The number of anilines is 2. The van der Waals surface area contributed by atoms with Gasteiger partial charge in [-0.25, -0.2) is 4.98 Å². The molecule has 0 saturated heterocycles. The van der Waals surface area contributed by atoms with E-state index in [0.29, 0.717) is 33.8 Å². The molecule has 4 aromatic rings. The second-order valence-electron chi connectivity index (χ2n) is 5.42. The molecule has 0 atom stereocenters. The maximum atomic E-state index is 12.5. The third-order valence-electron chi connectivity index (χ3n) is 4.05. The molecule has 0 unspecified atom stereocenters. The molecule has 0 amide bonds. The first-order valence-corrected chi connectivity index (χ1v) is 7.15. The van der Waals surface area contributed by atoms with Crippen LogP contribution in [-0.2, 0) is 7.05 Å². The van der Waals surface area contributed by atoms with Crippen LogP contribution in [0.2, 0.25) is 0 Å². The Balaban J connectivity index is 2.29. The van der Waals surface area contributed by atoms with Crippen LogP contribution in [0.15, 0.2) is 40.2 Å². The molecule has 0 spiro atoms. The molecular weight excluding hydrogens is 310 g/mol. The monoisotopic (exact) mass is 324 g/mol. The molecule has 4 heterocycles. The van der Waals surface area contributed by atoms with Crippen LogP contribution >= 0.6 is 0 Å². The van der Waals surface area contributed by atoms with Gasteiger partial charge in [0.25, 0.3) is 5.56 Å². The van der Waals surface area contributed by atoms with Crippen LogP contribution in [0.1, 0.15) is 0 Å². The molecule has 0 aromatic carbocycles. The standard InChI is InChI=1S/C15H13N7O2/c1-21-10(24)6-7(20-15(21)17)11-8-2-4-19-14(16)22(8)13-12(11)9(23)3-5-18-13/h2-6H,1H3,(H2,16,19)(H2,17,20)(H,18,23)/p+1. The highest BCUT2D eigenvalue weighted by atomic mass is 16.1. The quantitative estimate of drug-likeness (QED) is 0.434. The van der Waals surface area contributed by atoms with Gasteiger partial charge in [-0.3, -0.25) is 24.9 Å². The molecule has 0 aliphatic rings. The number of nitrogen functional groups attached to an aromatic ring is 2. The van der Waals surface area contributed by atoms with Gasteiger partial charge in [0, 0.05) is 31.4 Å². The summed E-state index contributed by atoms with van der Waals surface area (Å²) >= 11 is 0. The lowest BCUT2D eigenvalue weighted by Crippen LogP contribution is -2.20. The second-order valence-corrected chi connectivity index (χ2v) is 5.42. The Morgan fingerprint density at radius 2 is 2.04 bits per heavy atom. The first kappa shape index (κ1) is 14.0. The molecule has 4 rings (SSSR count). The number of nitrogens with two attached hydrogens (primary N) is 2. The summed E-state index contributed by atoms with van der Waals surface area (Å²) in [5.41, 5.74) is 13.3. The fraction of sp³-hybridized carbons (Fsp3) is 0.0667. The first-order chi connectivity index (χ1) is 11.5. The van der Waals surface area contributed by atoms with Crippen LogP contribution in [0.25, 0.3) is 27.8 Å². The minimum atomic E-state index is -0.312. The zero-order valence-electron chi connectivity index (χ0n) is 12.7. The van der Waals surface area contributed by atoms with Crippen molar-refractivity contribution in [1.29, 1.82) is 0 Å². The van der Waals surface area contributed by atoms with Crippen molar-refractivity contribution >= 4 is 28.4 Å². The lowest BCUT2D eigenvalue weighted by atomic mass is 10.1. The van der Waals surface area contributed by atoms with Crippen LogP contribution in [0.4, 0.5) is 11.9 Å². The molecule has 9 heteroatoms. The number of H-pyrrole nitrogens is 2. The predicted octanol–water partition coefficient (Wildman–Crippen LogP) is -0.480. The van der Waals surface area contributed by atoms with Crippen LogP contribution in [0.5, 0.6) is 0 Å². The summed E-state index contributed by atoms with van der Waals surface area (Å²) in [6.45, 7) is 0. The number of aromatic nitrogens is 5. The van der Waals surface area contributed by atoms with E-state index < -0.39 is 0 Å². The molecule has 0 bridgehead atoms. The molecule has 0 saturated carbocycles. The fourth-order valence-corrected chi connectivity index (χ4v) is 2.87. The van der Waals surface area contributed by atoms with Gasteiger partial charge in [-0.1, -0.05) is 0 Å². The zero-order chi connectivity index (χ0) is 17.0. The number of rotatable bonds is 1. The Bertz CT molecular complexity index is 1230. The maximum Gasteiger partial charge on any atom is 0.359 e. The van der Waals surface area contributed by atoms with Gasteiger partial charge in [-0.05, 0) is 0 Å². The molecule has 4 aromatic heterocycles. The largest absolute Gasteiger partial charge is 0.369 e. The molecule has 0 aliphatic carbocycles. The second kappa shape index (κ2) is 4.69. The van der Waals surface area contributed by atoms with Gasteiger partial charge in [-0.2, -0.15) is 4.40 Å². The van der Waals surface area contributed by atoms with E-state index in [1.54, 1.807) is 22.9 Å². The van der Waals surface area contributed by atoms with E-state index in [2.05, 4.69) is 15.0 Å². The van der Waals surface area contributed by atoms with Crippen LogP contribution in [0.3, 0.4) is 0 Å². The average molecular weight is 324 g/mol. The van der Waals surface area contributed by atoms with Crippen molar-refractivity contribution in [1.82, 2.24) is 18.9 Å². The van der Waals surface area contributed by atoms with Gasteiger partial charge < -0.3 is 10.7 Å². The summed E-state index contributed by atoms with van der Waals surface area (Å²) in [7, 11) is 1.53. The molecule has 6 N–H and O–H groups in total. The van der Waals surface area contributed by atoms with Crippen LogP contribution < -0.4 is 27.4 Å². The predicted molar refractivity (Wildman–Crippen MR) is 89.4 cm³/mol. The lowest BCUT2D eigenvalue weighted by molar-refractivity contribution is -0.364. The van der Waals surface area contributed by atoms with Crippen molar-refractivity contribution < 1.29 is 4.98 Å². The van der Waals surface area contributed by atoms with Crippen molar-refractivity contribution in [3.8, 4) is 11.3 Å². The van der Waals surface area contributed by atoms with Crippen LogP contribution in [0, 0.1) is 0 Å². The Kier molecular flexibility index (Phi) is 2.73. The maximum absolute atomic E-state index is 12.5. The topological polar surface area (TPSA) is 138 Å². The molecule has 0 radical (unpaired) electrons. The van der Waals surface area contributed by atoms with E-state index in [1.165, 1.54) is 23.7 Å². The molecule has 0 fully saturated rings. The summed E-state index contributed by atoms with van der Waals surface area (Å²) in [6, 6.07) is 4.52. The van der Waals surface area contributed by atoms with Crippen molar-refractivity contribution in [2.24, 2.45) is 7.05 Å². The SMILES string of the molecule is Cn1c(N)nc(-c2c3c(=O)cc[nH]c3n3c(N)[nH+]ccc23)cc1=O. The summed E-state index contributed by atoms with van der Waals surface area (Å²) in [5.74, 6) is 0.398. The summed E-state index contributed by atoms with van der Waals surface area (Å²) in [4.78, 5) is 34.8. The van der Waals surface area contributed by atoms with E-state index in [1.807, 2.05) is 0 Å². The Hall–Kier alpha value is -3.62. The van der Waals surface area contributed by atoms with Crippen LogP contribution in [-0.4, -0.2) is 18.9 Å². The van der Waals surface area contributed by atoms with Gasteiger partial charge in [0.1, 0.15) is 5.52 Å². The minimum absolute atomic E-state index is 0.0628. The summed E-state index contributed by atoms with van der Waals surface area (Å²) < 4.78 is 2.90. The number of nitrogens with one attached hydrogen (secondary N) is 2. The smallest absolute Gasteiger partial charge is 0.359 e. The molecule has 24 heavy (non-hydrogen) atoms. The van der Waals surface area contributed by atoms with Gasteiger partial charge in [0.05, 0.1) is 22.8 Å². The zero-order valence-corrected chi connectivity index (χ0v) is 12.7. The number of fused-ring (bicyclic) bond motifs is 3. The van der Waals surface area contributed by atoms with Gasteiger partial charge in [-0.15, -0.1) is 0 Å². The van der Waals surface area contributed by atoms with E-state index in [9.17, 15) is 9.59 Å². The molecular formula is C15H14N7O2+. The highest BCUT2D eigenvalue weighted by Crippen LogP contribution is 2.31. The number of hydrogen-bond donors (Lipinski definition) is 3. The lowest BCUT2D eigenvalue weighted by Gasteiger charge is -2.04. The van der Waals surface area contributed by atoms with Crippen molar-refractivity contribution in [3.63, 3.8) is 0 Å². The van der Waals surface area contributed by atoms with E-state index in [4.69, 9.17) is 11.5 Å². The minimum Gasteiger partial charge on any atom is -0.369 e. The van der Waals surface area contributed by atoms with E-state index in [0.717, 1.165) is 0 Å². The number of hydrogen-bond acceptors (Lipinski definition) is 5. The average Bonchev–Trinajstić information content (AvgIpc) is 2.89. The number of pyridine rings is 1. The van der Waals surface area contributed by atoms with Crippen molar-refractivity contribution in [3.05, 3.63) is 51.2 Å². The number of nitrogens with zero attached hydrogens (tertiary/aromatic N) is 3. The summed E-state index contributed by atoms with van der Waals surface area (Å²) in [5, 5.41) is 0.393. The Labute approximate surface area is 134 Å². The van der Waals surface area contributed by atoms with Gasteiger partial charge in [0.15, 0.2) is 11.1 Å². The third-order valence-corrected chi connectivity index (χ3v) is 4.05.